The van der Waals surface area contributed by atoms with E-state index in [4.69, 9.17) is 0 Å². The van der Waals surface area contributed by atoms with Crippen molar-refractivity contribution in [3.05, 3.63) is 5.82 Å². The summed E-state index contributed by atoms with van der Waals surface area (Å²) in [4.78, 5) is 8.79. The first-order valence-electron chi connectivity index (χ1n) is 5.69. The first-order valence-corrected chi connectivity index (χ1v) is 5.69. The first-order chi connectivity index (χ1) is 7.65. The quantitative estimate of drug-likeness (QED) is 0.736. The minimum Gasteiger partial charge on any atom is -0.337 e. The Balaban J connectivity index is 2.00. The maximum Gasteiger partial charge on any atom is 0.244 e. The molecule has 0 radical (unpaired) electrons. The number of H-pyrrole nitrogens is 1. The van der Waals surface area contributed by atoms with Crippen molar-refractivity contribution in [1.29, 1.82) is 0 Å². The van der Waals surface area contributed by atoms with Crippen molar-refractivity contribution in [3.63, 3.8) is 0 Å². The summed E-state index contributed by atoms with van der Waals surface area (Å²) in [6, 6.07) is 0.504. The van der Waals surface area contributed by atoms with Crippen LogP contribution >= 0.6 is 0 Å². The van der Waals surface area contributed by atoms with Crippen molar-refractivity contribution in [2.75, 3.05) is 38.6 Å². The lowest BCUT2D eigenvalue weighted by atomic mass is 10.2. The number of anilines is 1. The molecule has 2 heterocycles. The van der Waals surface area contributed by atoms with Crippen molar-refractivity contribution >= 4 is 5.95 Å². The van der Waals surface area contributed by atoms with Gasteiger partial charge in [-0.2, -0.15) is 4.98 Å². The van der Waals surface area contributed by atoms with Gasteiger partial charge in [0, 0.05) is 25.7 Å². The monoisotopic (exact) mass is 224 g/mol. The number of aromatic nitrogens is 3. The van der Waals surface area contributed by atoms with Gasteiger partial charge in [-0.1, -0.05) is 0 Å². The van der Waals surface area contributed by atoms with Gasteiger partial charge in [0.15, 0.2) is 0 Å². The molecule has 2 N–H and O–H groups in total. The van der Waals surface area contributed by atoms with Crippen molar-refractivity contribution in [2.45, 2.75) is 19.5 Å². The molecule has 90 valence electrons. The van der Waals surface area contributed by atoms with Crippen LogP contribution in [0.2, 0.25) is 0 Å². The summed E-state index contributed by atoms with van der Waals surface area (Å²) in [6.07, 6.45) is 0. The van der Waals surface area contributed by atoms with Crippen LogP contribution in [0.3, 0.4) is 0 Å². The van der Waals surface area contributed by atoms with Gasteiger partial charge in [0.1, 0.15) is 5.82 Å². The predicted molar refractivity (Wildman–Crippen MR) is 63.5 cm³/mol. The Morgan fingerprint density at radius 3 is 3.00 bits per heavy atom. The van der Waals surface area contributed by atoms with Crippen molar-refractivity contribution in [3.8, 4) is 0 Å². The largest absolute Gasteiger partial charge is 0.337 e. The Bertz CT molecular complexity index is 334. The van der Waals surface area contributed by atoms with Gasteiger partial charge >= 0.3 is 0 Å². The van der Waals surface area contributed by atoms with Gasteiger partial charge in [-0.3, -0.25) is 5.10 Å². The second-order valence-corrected chi connectivity index (χ2v) is 4.62. The fourth-order valence-electron chi connectivity index (χ4n) is 1.91. The van der Waals surface area contributed by atoms with Gasteiger partial charge in [0.05, 0.1) is 6.54 Å². The van der Waals surface area contributed by atoms with Crippen LogP contribution in [0.25, 0.3) is 0 Å². The third-order valence-electron chi connectivity index (χ3n) is 2.64. The molecule has 0 aromatic carbocycles. The van der Waals surface area contributed by atoms with E-state index in [0.29, 0.717) is 6.04 Å². The van der Waals surface area contributed by atoms with E-state index in [1.165, 1.54) is 0 Å². The van der Waals surface area contributed by atoms with Gasteiger partial charge in [0.25, 0.3) is 0 Å². The third kappa shape index (κ3) is 2.70. The molecule has 1 aliphatic heterocycles. The molecule has 0 bridgehead atoms. The summed E-state index contributed by atoms with van der Waals surface area (Å²) in [5.41, 5.74) is 0. The first kappa shape index (κ1) is 11.3. The highest BCUT2D eigenvalue weighted by atomic mass is 15.4. The topological polar surface area (TPSA) is 60.1 Å². The SMILES string of the molecule is C[C@@H]1CN(c2n[nH]c(CN(C)C)n2)CCN1. The smallest absolute Gasteiger partial charge is 0.244 e. The van der Waals surface area contributed by atoms with E-state index in [9.17, 15) is 0 Å². The minimum atomic E-state index is 0.504. The van der Waals surface area contributed by atoms with E-state index in [1.807, 2.05) is 14.1 Å². The summed E-state index contributed by atoms with van der Waals surface area (Å²) in [5, 5.41) is 10.7. The molecule has 0 aliphatic carbocycles. The number of hydrogen-bond donors (Lipinski definition) is 2. The van der Waals surface area contributed by atoms with E-state index in [-0.39, 0.29) is 0 Å². The highest BCUT2D eigenvalue weighted by Gasteiger charge is 2.19. The lowest BCUT2D eigenvalue weighted by Crippen LogP contribution is -2.49. The third-order valence-corrected chi connectivity index (χ3v) is 2.64. The molecule has 6 nitrogen and oxygen atoms in total. The number of rotatable bonds is 3. The molecule has 1 atom stereocenters. The molecule has 1 aliphatic rings. The summed E-state index contributed by atoms with van der Waals surface area (Å²) < 4.78 is 0. The van der Waals surface area contributed by atoms with Crippen LogP contribution in [0.4, 0.5) is 5.95 Å². The van der Waals surface area contributed by atoms with E-state index < -0.39 is 0 Å². The minimum absolute atomic E-state index is 0.504. The van der Waals surface area contributed by atoms with Crippen LogP contribution in [0.15, 0.2) is 0 Å². The van der Waals surface area contributed by atoms with Gasteiger partial charge in [-0.15, -0.1) is 5.10 Å². The van der Waals surface area contributed by atoms with Crippen LogP contribution in [0, 0.1) is 0 Å². The zero-order valence-corrected chi connectivity index (χ0v) is 10.2. The molecule has 1 aromatic rings. The van der Waals surface area contributed by atoms with Crippen LogP contribution in [0.1, 0.15) is 12.7 Å². The Morgan fingerprint density at radius 2 is 2.31 bits per heavy atom. The molecule has 0 spiro atoms. The average molecular weight is 224 g/mol. The molecule has 1 saturated heterocycles. The highest BCUT2D eigenvalue weighted by Crippen LogP contribution is 2.10. The highest BCUT2D eigenvalue weighted by molar-refractivity contribution is 5.30. The molecule has 6 heteroatoms. The van der Waals surface area contributed by atoms with Crippen LogP contribution in [0.5, 0.6) is 0 Å². The second kappa shape index (κ2) is 4.80. The fraction of sp³-hybridized carbons (Fsp3) is 0.800. The van der Waals surface area contributed by atoms with Crippen LogP contribution < -0.4 is 10.2 Å². The Labute approximate surface area is 96.0 Å². The molecule has 1 aromatic heterocycles. The number of nitrogens with zero attached hydrogens (tertiary/aromatic N) is 4. The van der Waals surface area contributed by atoms with Gasteiger partial charge in [-0.05, 0) is 21.0 Å². The maximum absolute atomic E-state index is 4.50. The number of nitrogens with one attached hydrogen (secondary N) is 2. The van der Waals surface area contributed by atoms with E-state index in [1.54, 1.807) is 0 Å². The Kier molecular flexibility index (Phi) is 3.40. The molecule has 0 unspecified atom stereocenters. The molecule has 1 fully saturated rings. The lowest BCUT2D eigenvalue weighted by molar-refractivity contribution is 0.391. The number of piperazine rings is 1. The summed E-state index contributed by atoms with van der Waals surface area (Å²) >= 11 is 0. The van der Waals surface area contributed by atoms with Gasteiger partial charge < -0.3 is 15.1 Å². The summed E-state index contributed by atoms with van der Waals surface area (Å²) in [5.74, 6) is 1.75. The zero-order chi connectivity index (χ0) is 11.5. The van der Waals surface area contributed by atoms with E-state index in [2.05, 4.69) is 37.2 Å². The normalized spacial score (nSPS) is 21.8. The van der Waals surface area contributed by atoms with Crippen molar-refractivity contribution < 1.29 is 0 Å². The molecule has 0 saturated carbocycles. The molecular formula is C10H20N6. The van der Waals surface area contributed by atoms with Gasteiger partial charge in [-0.25, -0.2) is 0 Å². The average Bonchev–Trinajstić information content (AvgIpc) is 2.65. The van der Waals surface area contributed by atoms with Crippen molar-refractivity contribution in [1.82, 2.24) is 25.4 Å². The van der Waals surface area contributed by atoms with Gasteiger partial charge in [0.2, 0.25) is 5.95 Å². The van der Waals surface area contributed by atoms with Crippen molar-refractivity contribution in [2.24, 2.45) is 0 Å². The second-order valence-electron chi connectivity index (χ2n) is 4.62. The Hall–Kier alpha value is -1.14. The van der Waals surface area contributed by atoms with E-state index in [0.717, 1.165) is 38.0 Å². The van der Waals surface area contributed by atoms with Crippen LogP contribution in [-0.2, 0) is 6.54 Å². The summed E-state index contributed by atoms with van der Waals surface area (Å²) in [6.45, 7) is 5.93. The number of hydrogen-bond acceptors (Lipinski definition) is 5. The van der Waals surface area contributed by atoms with Crippen LogP contribution in [-0.4, -0.2) is 59.9 Å². The molecule has 16 heavy (non-hydrogen) atoms. The fourth-order valence-corrected chi connectivity index (χ4v) is 1.91. The molecule has 2 rings (SSSR count). The standard InChI is InChI=1S/C10H20N6/c1-8-6-16(5-4-11-8)10-12-9(13-14-10)7-15(2)3/h8,11H,4-7H2,1-3H3,(H,12,13,14)/t8-/m1/s1. The molecule has 0 amide bonds. The Morgan fingerprint density at radius 1 is 1.50 bits per heavy atom. The lowest BCUT2D eigenvalue weighted by Gasteiger charge is -2.30. The zero-order valence-electron chi connectivity index (χ0n) is 10.2. The maximum atomic E-state index is 4.50. The molecular weight excluding hydrogens is 204 g/mol. The van der Waals surface area contributed by atoms with E-state index >= 15 is 0 Å². The predicted octanol–water partition coefficient (Wildman–Crippen LogP) is -0.336. The number of aromatic amines is 1. The summed E-state index contributed by atoms with van der Waals surface area (Å²) in [7, 11) is 4.05.